The van der Waals surface area contributed by atoms with Gasteiger partial charge in [-0.3, -0.25) is 9.78 Å². The summed E-state index contributed by atoms with van der Waals surface area (Å²) in [6.07, 6.45) is 3.48. The van der Waals surface area contributed by atoms with Crippen LogP contribution in [0.1, 0.15) is 40.5 Å². The van der Waals surface area contributed by atoms with E-state index in [2.05, 4.69) is 38.8 Å². The fourth-order valence-electron chi connectivity index (χ4n) is 3.39. The molecule has 1 atom stereocenters. The molecule has 2 aromatic heterocycles. The standard InChI is InChI=1S/C19H19N5O2/c1-13-11-23(19(26)15-8-16(25)10-20-9-15)12-18-22-21-17(24(13)18)7-14-5-3-2-4-6-14/h2-6,8-10,13,25H,7,11-12H2,1H3/t13-/m0/s1. The molecule has 0 aliphatic carbocycles. The Hall–Kier alpha value is -3.22. The number of nitrogens with zero attached hydrogens (tertiary/aromatic N) is 5. The van der Waals surface area contributed by atoms with Gasteiger partial charge in [0.25, 0.3) is 5.91 Å². The van der Waals surface area contributed by atoms with Crippen molar-refractivity contribution in [3.05, 3.63) is 71.6 Å². The summed E-state index contributed by atoms with van der Waals surface area (Å²) in [6, 6.07) is 11.7. The lowest BCUT2D eigenvalue weighted by atomic mass is 10.1. The van der Waals surface area contributed by atoms with Crippen molar-refractivity contribution >= 4 is 5.91 Å². The van der Waals surface area contributed by atoms with Gasteiger partial charge in [-0.25, -0.2) is 0 Å². The van der Waals surface area contributed by atoms with E-state index in [-0.39, 0.29) is 17.7 Å². The molecule has 0 radical (unpaired) electrons. The zero-order valence-electron chi connectivity index (χ0n) is 14.4. The Morgan fingerprint density at radius 1 is 1.23 bits per heavy atom. The molecule has 1 aromatic carbocycles. The van der Waals surface area contributed by atoms with Crippen LogP contribution in [-0.2, 0) is 13.0 Å². The highest BCUT2D eigenvalue weighted by atomic mass is 16.3. The first kappa shape index (κ1) is 16.3. The van der Waals surface area contributed by atoms with Crippen LogP contribution in [0.4, 0.5) is 0 Å². The van der Waals surface area contributed by atoms with Crippen LogP contribution < -0.4 is 0 Å². The van der Waals surface area contributed by atoms with E-state index in [0.29, 0.717) is 25.1 Å². The second-order valence-electron chi connectivity index (χ2n) is 6.53. The summed E-state index contributed by atoms with van der Waals surface area (Å²) >= 11 is 0. The van der Waals surface area contributed by atoms with Crippen molar-refractivity contribution in [2.75, 3.05) is 6.54 Å². The first-order chi connectivity index (χ1) is 12.6. The molecule has 3 aromatic rings. The molecule has 0 saturated carbocycles. The summed E-state index contributed by atoms with van der Waals surface area (Å²) in [5.41, 5.74) is 1.55. The predicted octanol–water partition coefficient (Wildman–Crippen LogP) is 2.19. The largest absolute Gasteiger partial charge is 0.506 e. The first-order valence-corrected chi connectivity index (χ1v) is 8.51. The van der Waals surface area contributed by atoms with Gasteiger partial charge in [-0.15, -0.1) is 10.2 Å². The third kappa shape index (κ3) is 3.03. The molecular formula is C19H19N5O2. The molecule has 7 nitrogen and oxygen atoms in total. The van der Waals surface area contributed by atoms with E-state index in [1.165, 1.54) is 24.0 Å². The SMILES string of the molecule is C[C@H]1CN(C(=O)c2cncc(O)c2)Cc2nnc(Cc3ccccc3)n21. The Labute approximate surface area is 150 Å². The van der Waals surface area contributed by atoms with Crippen LogP contribution in [0.3, 0.4) is 0 Å². The van der Waals surface area contributed by atoms with E-state index >= 15 is 0 Å². The van der Waals surface area contributed by atoms with Crippen molar-refractivity contribution in [2.45, 2.75) is 25.9 Å². The third-order valence-corrected chi connectivity index (χ3v) is 4.56. The average molecular weight is 349 g/mol. The van der Waals surface area contributed by atoms with Gasteiger partial charge in [-0.05, 0) is 18.6 Å². The highest BCUT2D eigenvalue weighted by Gasteiger charge is 2.29. The van der Waals surface area contributed by atoms with Gasteiger partial charge in [0.1, 0.15) is 11.6 Å². The lowest BCUT2D eigenvalue weighted by Crippen LogP contribution is -2.40. The van der Waals surface area contributed by atoms with E-state index in [4.69, 9.17) is 0 Å². The second kappa shape index (κ2) is 6.59. The zero-order valence-corrected chi connectivity index (χ0v) is 14.4. The van der Waals surface area contributed by atoms with E-state index in [1.54, 1.807) is 4.90 Å². The normalized spacial score (nSPS) is 16.3. The summed E-state index contributed by atoms with van der Waals surface area (Å²) in [6.45, 7) is 3.00. The second-order valence-corrected chi connectivity index (χ2v) is 6.53. The Balaban J connectivity index is 1.57. The zero-order chi connectivity index (χ0) is 18.1. The molecular weight excluding hydrogens is 330 g/mol. The molecule has 0 saturated heterocycles. The first-order valence-electron chi connectivity index (χ1n) is 8.51. The van der Waals surface area contributed by atoms with E-state index in [9.17, 15) is 9.90 Å². The number of hydrogen-bond donors (Lipinski definition) is 1. The average Bonchev–Trinajstić information content (AvgIpc) is 3.05. The van der Waals surface area contributed by atoms with Gasteiger partial charge >= 0.3 is 0 Å². The summed E-state index contributed by atoms with van der Waals surface area (Å²) in [7, 11) is 0. The van der Waals surface area contributed by atoms with E-state index < -0.39 is 0 Å². The molecule has 7 heteroatoms. The number of carbonyl (C=O) groups excluding carboxylic acids is 1. The van der Waals surface area contributed by atoms with Crippen molar-refractivity contribution in [1.82, 2.24) is 24.6 Å². The van der Waals surface area contributed by atoms with E-state index in [1.807, 2.05) is 18.2 Å². The smallest absolute Gasteiger partial charge is 0.256 e. The molecule has 3 heterocycles. The predicted molar refractivity (Wildman–Crippen MR) is 94.6 cm³/mol. The van der Waals surface area contributed by atoms with Crippen LogP contribution in [0.5, 0.6) is 5.75 Å². The topological polar surface area (TPSA) is 84.1 Å². The minimum atomic E-state index is -0.167. The maximum absolute atomic E-state index is 12.7. The van der Waals surface area contributed by atoms with Gasteiger partial charge in [0.05, 0.1) is 24.3 Å². The van der Waals surface area contributed by atoms with Gasteiger partial charge in [-0.2, -0.15) is 0 Å². The fourth-order valence-corrected chi connectivity index (χ4v) is 3.39. The maximum Gasteiger partial charge on any atom is 0.256 e. The van der Waals surface area contributed by atoms with Crippen molar-refractivity contribution in [3.8, 4) is 5.75 Å². The number of rotatable bonds is 3. The summed E-state index contributed by atoms with van der Waals surface area (Å²) in [5, 5.41) is 18.2. The summed E-state index contributed by atoms with van der Waals surface area (Å²) < 4.78 is 2.12. The van der Waals surface area contributed by atoms with Crippen LogP contribution in [0, 0.1) is 0 Å². The molecule has 0 unspecified atom stereocenters. The quantitative estimate of drug-likeness (QED) is 0.783. The van der Waals surface area contributed by atoms with Crippen LogP contribution in [-0.4, -0.2) is 42.2 Å². The molecule has 0 fully saturated rings. The van der Waals surface area contributed by atoms with Crippen molar-refractivity contribution in [3.63, 3.8) is 0 Å². The molecule has 1 N–H and O–H groups in total. The molecule has 1 amide bonds. The van der Waals surface area contributed by atoms with Gasteiger partial charge in [0, 0.05) is 19.2 Å². The Morgan fingerprint density at radius 2 is 2.04 bits per heavy atom. The fraction of sp³-hybridized carbons (Fsp3) is 0.263. The number of amides is 1. The Kier molecular flexibility index (Phi) is 4.12. The monoisotopic (exact) mass is 349 g/mol. The van der Waals surface area contributed by atoms with Gasteiger partial charge < -0.3 is 14.6 Å². The lowest BCUT2D eigenvalue weighted by molar-refractivity contribution is 0.0679. The van der Waals surface area contributed by atoms with Crippen molar-refractivity contribution < 1.29 is 9.90 Å². The number of pyridine rings is 1. The molecule has 26 heavy (non-hydrogen) atoms. The number of aromatic hydroxyl groups is 1. The Morgan fingerprint density at radius 3 is 2.81 bits per heavy atom. The molecule has 4 rings (SSSR count). The van der Waals surface area contributed by atoms with Crippen molar-refractivity contribution in [1.29, 1.82) is 0 Å². The third-order valence-electron chi connectivity index (χ3n) is 4.56. The van der Waals surface area contributed by atoms with Crippen LogP contribution in [0.25, 0.3) is 0 Å². The highest BCUT2D eigenvalue weighted by Crippen LogP contribution is 2.24. The van der Waals surface area contributed by atoms with Crippen molar-refractivity contribution in [2.24, 2.45) is 0 Å². The number of fused-ring (bicyclic) bond motifs is 1. The summed E-state index contributed by atoms with van der Waals surface area (Å²) in [4.78, 5) is 18.3. The lowest BCUT2D eigenvalue weighted by Gasteiger charge is -2.32. The number of aromatic nitrogens is 4. The molecule has 132 valence electrons. The maximum atomic E-state index is 12.7. The van der Waals surface area contributed by atoms with Gasteiger partial charge in [-0.1, -0.05) is 30.3 Å². The Bertz CT molecular complexity index is 938. The minimum absolute atomic E-state index is 0.0192. The molecule has 0 bridgehead atoms. The minimum Gasteiger partial charge on any atom is -0.506 e. The van der Waals surface area contributed by atoms with Crippen LogP contribution in [0.2, 0.25) is 0 Å². The van der Waals surface area contributed by atoms with Crippen LogP contribution in [0.15, 0.2) is 48.8 Å². The number of hydrogen-bond acceptors (Lipinski definition) is 5. The molecule has 0 spiro atoms. The molecule has 1 aliphatic heterocycles. The van der Waals surface area contributed by atoms with Gasteiger partial charge in [0.15, 0.2) is 5.82 Å². The van der Waals surface area contributed by atoms with Crippen LogP contribution >= 0.6 is 0 Å². The molecule has 1 aliphatic rings. The highest BCUT2D eigenvalue weighted by molar-refractivity contribution is 5.94. The van der Waals surface area contributed by atoms with Gasteiger partial charge in [0.2, 0.25) is 0 Å². The number of carbonyl (C=O) groups is 1. The van der Waals surface area contributed by atoms with E-state index in [0.717, 1.165) is 11.6 Å². The summed E-state index contributed by atoms with van der Waals surface area (Å²) in [5.74, 6) is 1.49. The number of benzene rings is 1.